The second-order valence-electron chi connectivity index (χ2n) is 5.58. The van der Waals surface area contributed by atoms with Crippen molar-refractivity contribution in [1.82, 2.24) is 0 Å². The molecule has 0 radical (unpaired) electrons. The molecule has 0 aliphatic rings. The molecule has 23 heavy (non-hydrogen) atoms. The maximum atomic E-state index is 3.48. The van der Waals surface area contributed by atoms with E-state index < -0.39 is 0 Å². The van der Waals surface area contributed by atoms with Crippen molar-refractivity contribution in [2.75, 3.05) is 17.2 Å². The van der Waals surface area contributed by atoms with E-state index >= 15 is 0 Å². The highest BCUT2D eigenvalue weighted by atomic mass is 14.9. The van der Waals surface area contributed by atoms with Crippen molar-refractivity contribution in [3.8, 4) is 0 Å². The average molecular weight is 302 g/mol. The topological polar surface area (TPSA) is 24.1 Å². The Hall–Kier alpha value is -2.74. The highest BCUT2D eigenvalue weighted by Gasteiger charge is 1.96. The first-order valence-corrected chi connectivity index (χ1v) is 8.10. The van der Waals surface area contributed by atoms with Crippen LogP contribution in [0.1, 0.15) is 12.0 Å². The standard InChI is InChI=1S/C21H22N2/c1-3-8-18(9-4-1)10-7-17-22-19-13-15-21(16-14-19)23-20-11-5-2-6-12-20/h1-6,8-9,11-16,22-23H,7,10,17H2. The van der Waals surface area contributed by atoms with Crippen LogP contribution in [0.25, 0.3) is 0 Å². The fraction of sp³-hybridized carbons (Fsp3) is 0.143. The van der Waals surface area contributed by atoms with Crippen molar-refractivity contribution in [3.05, 3.63) is 90.5 Å². The first-order valence-electron chi connectivity index (χ1n) is 8.10. The van der Waals surface area contributed by atoms with Crippen LogP contribution in [0.4, 0.5) is 17.1 Å². The monoisotopic (exact) mass is 302 g/mol. The predicted octanol–water partition coefficient (Wildman–Crippen LogP) is 5.47. The smallest absolute Gasteiger partial charge is 0.0385 e. The summed E-state index contributed by atoms with van der Waals surface area (Å²) in [6.45, 7) is 0.986. The highest BCUT2D eigenvalue weighted by molar-refractivity contribution is 5.62. The Labute approximate surface area is 138 Å². The Morgan fingerprint density at radius 3 is 1.83 bits per heavy atom. The number of rotatable bonds is 7. The van der Waals surface area contributed by atoms with Gasteiger partial charge in [0, 0.05) is 23.6 Å². The third-order valence-electron chi connectivity index (χ3n) is 3.76. The number of aryl methyl sites for hydroxylation is 1. The summed E-state index contributed by atoms with van der Waals surface area (Å²) in [5.74, 6) is 0. The molecule has 3 aromatic carbocycles. The van der Waals surface area contributed by atoms with Crippen LogP contribution < -0.4 is 10.6 Å². The molecule has 0 aliphatic heterocycles. The number of benzene rings is 3. The molecule has 0 heterocycles. The SMILES string of the molecule is c1ccc(CCCNc2ccc(Nc3ccccc3)cc2)cc1. The van der Waals surface area contributed by atoms with E-state index in [0.717, 1.165) is 36.4 Å². The molecule has 2 heteroatoms. The van der Waals surface area contributed by atoms with E-state index in [-0.39, 0.29) is 0 Å². The third-order valence-corrected chi connectivity index (χ3v) is 3.76. The van der Waals surface area contributed by atoms with Crippen molar-refractivity contribution in [1.29, 1.82) is 0 Å². The van der Waals surface area contributed by atoms with Crippen LogP contribution in [0, 0.1) is 0 Å². The van der Waals surface area contributed by atoms with Crippen LogP contribution in [-0.2, 0) is 6.42 Å². The van der Waals surface area contributed by atoms with E-state index in [4.69, 9.17) is 0 Å². The molecule has 0 saturated heterocycles. The molecule has 116 valence electrons. The van der Waals surface area contributed by atoms with Gasteiger partial charge in [0.05, 0.1) is 0 Å². The second-order valence-corrected chi connectivity index (χ2v) is 5.58. The van der Waals surface area contributed by atoms with E-state index in [1.54, 1.807) is 0 Å². The molecule has 0 unspecified atom stereocenters. The van der Waals surface area contributed by atoms with Crippen LogP contribution in [-0.4, -0.2) is 6.54 Å². The van der Waals surface area contributed by atoms with Crippen LogP contribution in [0.3, 0.4) is 0 Å². The summed E-state index contributed by atoms with van der Waals surface area (Å²) >= 11 is 0. The van der Waals surface area contributed by atoms with Crippen molar-refractivity contribution < 1.29 is 0 Å². The summed E-state index contributed by atoms with van der Waals surface area (Å²) in [5.41, 5.74) is 4.77. The summed E-state index contributed by atoms with van der Waals surface area (Å²) < 4.78 is 0. The van der Waals surface area contributed by atoms with Crippen LogP contribution in [0.2, 0.25) is 0 Å². The molecule has 2 N–H and O–H groups in total. The minimum Gasteiger partial charge on any atom is -0.385 e. The molecular weight excluding hydrogens is 280 g/mol. The quantitative estimate of drug-likeness (QED) is 0.565. The van der Waals surface area contributed by atoms with E-state index in [1.807, 2.05) is 18.2 Å². The lowest BCUT2D eigenvalue weighted by molar-refractivity contribution is 0.863. The van der Waals surface area contributed by atoms with Gasteiger partial charge in [-0.15, -0.1) is 0 Å². The average Bonchev–Trinajstić information content (AvgIpc) is 2.62. The maximum Gasteiger partial charge on any atom is 0.0385 e. The lowest BCUT2D eigenvalue weighted by Crippen LogP contribution is -2.03. The molecule has 0 spiro atoms. The van der Waals surface area contributed by atoms with Crippen LogP contribution in [0.5, 0.6) is 0 Å². The number of hydrogen-bond donors (Lipinski definition) is 2. The molecule has 0 atom stereocenters. The molecule has 0 fully saturated rings. The van der Waals surface area contributed by atoms with Gasteiger partial charge in [0.15, 0.2) is 0 Å². The fourth-order valence-electron chi connectivity index (χ4n) is 2.53. The molecular formula is C21H22N2. The highest BCUT2D eigenvalue weighted by Crippen LogP contribution is 2.18. The molecule has 3 rings (SSSR count). The van der Waals surface area contributed by atoms with E-state index in [0.29, 0.717) is 0 Å². The Bertz CT molecular complexity index is 691. The second kappa shape index (κ2) is 8.04. The Morgan fingerprint density at radius 1 is 0.565 bits per heavy atom. The summed E-state index contributed by atoms with van der Waals surface area (Å²) in [7, 11) is 0. The molecule has 0 aromatic heterocycles. The van der Waals surface area contributed by atoms with Gasteiger partial charge < -0.3 is 10.6 Å². The number of hydrogen-bond acceptors (Lipinski definition) is 2. The predicted molar refractivity (Wildman–Crippen MR) is 99.4 cm³/mol. The molecule has 0 aliphatic carbocycles. The van der Waals surface area contributed by atoms with Gasteiger partial charge in [-0.05, 0) is 54.8 Å². The van der Waals surface area contributed by atoms with Crippen molar-refractivity contribution in [2.24, 2.45) is 0 Å². The first kappa shape index (κ1) is 15.2. The third kappa shape index (κ3) is 4.89. The largest absolute Gasteiger partial charge is 0.385 e. The number of nitrogens with one attached hydrogen (secondary N) is 2. The minimum atomic E-state index is 0.986. The Kier molecular flexibility index (Phi) is 5.30. The van der Waals surface area contributed by atoms with E-state index in [1.165, 1.54) is 5.56 Å². The summed E-state index contributed by atoms with van der Waals surface area (Å²) in [5, 5.41) is 6.87. The van der Waals surface area contributed by atoms with Gasteiger partial charge in [-0.3, -0.25) is 0 Å². The Balaban J connectivity index is 1.44. The zero-order valence-corrected chi connectivity index (χ0v) is 13.2. The Morgan fingerprint density at radius 2 is 1.13 bits per heavy atom. The first-order chi connectivity index (χ1) is 11.4. The van der Waals surface area contributed by atoms with Gasteiger partial charge in [0.2, 0.25) is 0 Å². The lowest BCUT2D eigenvalue weighted by atomic mass is 10.1. The normalized spacial score (nSPS) is 10.3. The summed E-state index contributed by atoms with van der Waals surface area (Å²) in [6, 6.07) is 29.3. The molecule has 3 aromatic rings. The van der Waals surface area contributed by atoms with E-state index in [2.05, 4.69) is 77.4 Å². The summed E-state index contributed by atoms with van der Waals surface area (Å²) in [6.07, 6.45) is 2.25. The number of anilines is 3. The van der Waals surface area contributed by atoms with E-state index in [9.17, 15) is 0 Å². The van der Waals surface area contributed by atoms with Gasteiger partial charge in [-0.25, -0.2) is 0 Å². The fourth-order valence-corrected chi connectivity index (χ4v) is 2.53. The minimum absolute atomic E-state index is 0.986. The van der Waals surface area contributed by atoms with Crippen molar-refractivity contribution in [2.45, 2.75) is 12.8 Å². The van der Waals surface area contributed by atoms with Crippen LogP contribution >= 0.6 is 0 Å². The summed E-state index contributed by atoms with van der Waals surface area (Å²) in [4.78, 5) is 0. The van der Waals surface area contributed by atoms with Crippen molar-refractivity contribution in [3.63, 3.8) is 0 Å². The van der Waals surface area contributed by atoms with Gasteiger partial charge in [-0.1, -0.05) is 48.5 Å². The maximum absolute atomic E-state index is 3.48. The van der Waals surface area contributed by atoms with Gasteiger partial charge in [0.25, 0.3) is 0 Å². The van der Waals surface area contributed by atoms with Crippen LogP contribution in [0.15, 0.2) is 84.9 Å². The van der Waals surface area contributed by atoms with Crippen molar-refractivity contribution >= 4 is 17.1 Å². The van der Waals surface area contributed by atoms with Gasteiger partial charge >= 0.3 is 0 Å². The molecule has 0 bridgehead atoms. The van der Waals surface area contributed by atoms with Gasteiger partial charge in [0.1, 0.15) is 0 Å². The lowest BCUT2D eigenvalue weighted by Gasteiger charge is -2.09. The molecule has 0 amide bonds. The number of para-hydroxylation sites is 1. The van der Waals surface area contributed by atoms with Gasteiger partial charge in [-0.2, -0.15) is 0 Å². The zero-order valence-electron chi connectivity index (χ0n) is 13.2. The molecule has 2 nitrogen and oxygen atoms in total. The zero-order chi connectivity index (χ0) is 15.7. The molecule has 0 saturated carbocycles.